The number of rotatable bonds is 5. The summed E-state index contributed by atoms with van der Waals surface area (Å²) in [5.41, 5.74) is 1.30. The quantitative estimate of drug-likeness (QED) is 0.851. The van der Waals surface area contributed by atoms with E-state index in [0.29, 0.717) is 23.7 Å². The molecule has 1 atom stereocenters. The van der Waals surface area contributed by atoms with E-state index < -0.39 is 5.60 Å². The van der Waals surface area contributed by atoms with Crippen molar-refractivity contribution in [2.45, 2.75) is 31.9 Å². The fourth-order valence-electron chi connectivity index (χ4n) is 3.25. The van der Waals surface area contributed by atoms with Crippen molar-refractivity contribution in [2.24, 2.45) is 0 Å². The van der Waals surface area contributed by atoms with E-state index in [4.69, 9.17) is 16.3 Å². The number of likely N-dealkylation sites (tertiary alicyclic amines) is 1. The summed E-state index contributed by atoms with van der Waals surface area (Å²) in [5.74, 6) is 0.882. The smallest absolute Gasteiger partial charge is 0.138 e. The minimum absolute atomic E-state index is 0.224. The normalized spacial score (nSPS) is 21.2. The molecule has 0 bridgehead atoms. The summed E-state index contributed by atoms with van der Waals surface area (Å²) in [4.78, 5) is 2.22. The monoisotopic (exact) mass is 361 g/mol. The predicted molar refractivity (Wildman–Crippen MR) is 99.3 cm³/mol. The van der Waals surface area contributed by atoms with Crippen LogP contribution in [-0.4, -0.2) is 40.4 Å². The molecule has 5 heteroatoms. The van der Waals surface area contributed by atoms with Crippen molar-refractivity contribution in [3.05, 3.63) is 58.6 Å². The number of aryl methyl sites for hydroxylation is 1. The van der Waals surface area contributed by atoms with Gasteiger partial charge in [0.1, 0.15) is 23.7 Å². The Morgan fingerprint density at radius 3 is 2.72 bits per heavy atom. The summed E-state index contributed by atoms with van der Waals surface area (Å²) in [6.07, 6.45) is 1.63. The van der Waals surface area contributed by atoms with E-state index >= 15 is 0 Å². The zero-order valence-corrected chi connectivity index (χ0v) is 15.2. The molecule has 0 amide bonds. The summed E-state index contributed by atoms with van der Waals surface area (Å²) in [5, 5.41) is 20.9. The largest absolute Gasteiger partial charge is 0.508 e. The molecule has 0 radical (unpaired) electrons. The van der Waals surface area contributed by atoms with E-state index in [-0.39, 0.29) is 12.4 Å². The van der Waals surface area contributed by atoms with Crippen molar-refractivity contribution >= 4 is 11.6 Å². The molecule has 4 nitrogen and oxygen atoms in total. The molecule has 0 aromatic heterocycles. The molecular weight excluding hydrogens is 338 g/mol. The Labute approximate surface area is 153 Å². The molecule has 0 aliphatic carbocycles. The second kappa shape index (κ2) is 7.65. The summed E-state index contributed by atoms with van der Waals surface area (Å²) < 4.78 is 5.83. The number of hydrogen-bond acceptors (Lipinski definition) is 4. The van der Waals surface area contributed by atoms with Crippen molar-refractivity contribution in [1.29, 1.82) is 0 Å². The predicted octanol–water partition coefficient (Wildman–Crippen LogP) is 3.76. The molecule has 1 saturated heterocycles. The summed E-state index contributed by atoms with van der Waals surface area (Å²) in [6, 6.07) is 12.8. The molecule has 1 heterocycles. The molecule has 25 heavy (non-hydrogen) atoms. The van der Waals surface area contributed by atoms with Crippen LogP contribution in [0.3, 0.4) is 0 Å². The third kappa shape index (κ3) is 4.88. The molecule has 1 aliphatic rings. The Kier molecular flexibility index (Phi) is 5.52. The Bertz CT molecular complexity index is 719. The van der Waals surface area contributed by atoms with Crippen LogP contribution >= 0.6 is 11.6 Å². The number of benzene rings is 2. The summed E-state index contributed by atoms with van der Waals surface area (Å²) >= 11 is 6.17. The van der Waals surface area contributed by atoms with Crippen LogP contribution in [0.4, 0.5) is 0 Å². The van der Waals surface area contributed by atoms with Crippen LogP contribution in [0.25, 0.3) is 0 Å². The number of aliphatic hydroxyl groups is 1. The van der Waals surface area contributed by atoms with Crippen LogP contribution in [-0.2, 0) is 6.54 Å². The van der Waals surface area contributed by atoms with E-state index in [1.54, 1.807) is 12.1 Å². The zero-order valence-electron chi connectivity index (χ0n) is 14.4. The van der Waals surface area contributed by atoms with Gasteiger partial charge in [0.05, 0.1) is 5.02 Å². The number of nitrogens with zero attached hydrogens (tertiary/aromatic N) is 1. The Hall–Kier alpha value is -1.75. The highest BCUT2D eigenvalue weighted by molar-refractivity contribution is 6.32. The molecule has 1 aliphatic heterocycles. The number of halogens is 1. The highest BCUT2D eigenvalue weighted by atomic mass is 35.5. The standard InChI is InChI=1S/C20H24ClNO3/c1-15-3-8-18(21)19(11-15)25-14-20(24)9-2-10-22(13-20)12-16-4-6-17(23)7-5-16/h3-8,11,23-24H,2,9-10,12-14H2,1H3. The lowest BCUT2D eigenvalue weighted by atomic mass is 9.93. The number of aromatic hydroxyl groups is 1. The average Bonchev–Trinajstić information content (AvgIpc) is 2.58. The number of hydrogen-bond donors (Lipinski definition) is 2. The maximum Gasteiger partial charge on any atom is 0.138 e. The van der Waals surface area contributed by atoms with Gasteiger partial charge in [-0.2, -0.15) is 0 Å². The van der Waals surface area contributed by atoms with E-state index in [9.17, 15) is 10.2 Å². The second-order valence-electron chi connectivity index (χ2n) is 6.93. The van der Waals surface area contributed by atoms with Gasteiger partial charge in [-0.3, -0.25) is 4.90 Å². The van der Waals surface area contributed by atoms with Gasteiger partial charge in [-0.25, -0.2) is 0 Å². The fourth-order valence-corrected chi connectivity index (χ4v) is 3.42. The second-order valence-corrected chi connectivity index (χ2v) is 7.33. The zero-order chi connectivity index (χ0) is 17.9. The van der Waals surface area contributed by atoms with Crippen LogP contribution in [0.5, 0.6) is 11.5 Å². The Morgan fingerprint density at radius 2 is 1.96 bits per heavy atom. The first-order valence-corrected chi connectivity index (χ1v) is 8.93. The van der Waals surface area contributed by atoms with Gasteiger partial charge in [-0.05, 0) is 61.7 Å². The third-order valence-corrected chi connectivity index (χ3v) is 4.87. The Morgan fingerprint density at radius 1 is 1.20 bits per heavy atom. The summed E-state index contributed by atoms with van der Waals surface area (Å²) in [6.45, 7) is 4.44. The van der Waals surface area contributed by atoms with Crippen molar-refractivity contribution < 1.29 is 14.9 Å². The molecule has 2 aromatic carbocycles. The van der Waals surface area contributed by atoms with Gasteiger partial charge in [0.15, 0.2) is 0 Å². The minimum Gasteiger partial charge on any atom is -0.508 e. The lowest BCUT2D eigenvalue weighted by molar-refractivity contribution is -0.0620. The number of β-amino-alcohol motifs (C(OH)–C–C–N with tert-alkyl or cyclic N) is 1. The minimum atomic E-state index is -0.887. The molecule has 134 valence electrons. The van der Waals surface area contributed by atoms with E-state index in [1.165, 1.54) is 0 Å². The molecule has 2 N–H and O–H groups in total. The Balaban J connectivity index is 1.60. The molecule has 1 unspecified atom stereocenters. The van der Waals surface area contributed by atoms with Crippen LogP contribution in [0, 0.1) is 6.92 Å². The van der Waals surface area contributed by atoms with Crippen LogP contribution < -0.4 is 4.74 Å². The first-order valence-electron chi connectivity index (χ1n) is 8.55. The van der Waals surface area contributed by atoms with E-state index in [0.717, 1.165) is 30.6 Å². The molecule has 0 spiro atoms. The van der Waals surface area contributed by atoms with Gasteiger partial charge in [0.2, 0.25) is 0 Å². The highest BCUT2D eigenvalue weighted by Gasteiger charge is 2.34. The van der Waals surface area contributed by atoms with Crippen molar-refractivity contribution in [3.63, 3.8) is 0 Å². The molecule has 3 rings (SSSR count). The lowest BCUT2D eigenvalue weighted by Gasteiger charge is -2.39. The lowest BCUT2D eigenvalue weighted by Crippen LogP contribution is -2.51. The van der Waals surface area contributed by atoms with Gasteiger partial charge in [-0.15, -0.1) is 0 Å². The fraction of sp³-hybridized carbons (Fsp3) is 0.400. The number of ether oxygens (including phenoxy) is 1. The van der Waals surface area contributed by atoms with Crippen molar-refractivity contribution in [1.82, 2.24) is 4.90 Å². The molecule has 1 fully saturated rings. The average molecular weight is 362 g/mol. The van der Waals surface area contributed by atoms with Gasteiger partial charge in [-0.1, -0.05) is 29.8 Å². The van der Waals surface area contributed by atoms with Gasteiger partial charge >= 0.3 is 0 Å². The topological polar surface area (TPSA) is 52.9 Å². The van der Waals surface area contributed by atoms with Gasteiger partial charge in [0, 0.05) is 13.1 Å². The maximum absolute atomic E-state index is 10.9. The number of phenols is 1. The first kappa shape index (κ1) is 18.1. The van der Waals surface area contributed by atoms with E-state index in [1.807, 2.05) is 37.3 Å². The van der Waals surface area contributed by atoms with Gasteiger partial charge < -0.3 is 14.9 Å². The highest BCUT2D eigenvalue weighted by Crippen LogP contribution is 2.28. The third-order valence-electron chi connectivity index (χ3n) is 4.56. The number of piperidine rings is 1. The SMILES string of the molecule is Cc1ccc(Cl)c(OCC2(O)CCCN(Cc3ccc(O)cc3)C2)c1. The van der Waals surface area contributed by atoms with Gasteiger partial charge in [0.25, 0.3) is 0 Å². The van der Waals surface area contributed by atoms with Crippen molar-refractivity contribution in [2.75, 3.05) is 19.7 Å². The van der Waals surface area contributed by atoms with Crippen LogP contribution in [0.1, 0.15) is 24.0 Å². The van der Waals surface area contributed by atoms with Crippen molar-refractivity contribution in [3.8, 4) is 11.5 Å². The van der Waals surface area contributed by atoms with E-state index in [2.05, 4.69) is 4.90 Å². The number of phenolic OH excluding ortho intramolecular Hbond substituents is 1. The molecule has 2 aromatic rings. The van der Waals surface area contributed by atoms with Crippen LogP contribution in [0.15, 0.2) is 42.5 Å². The van der Waals surface area contributed by atoms with Crippen LogP contribution in [0.2, 0.25) is 5.02 Å². The molecule has 0 saturated carbocycles. The molecular formula is C20H24ClNO3. The maximum atomic E-state index is 10.9. The first-order chi connectivity index (χ1) is 11.9. The summed E-state index contributed by atoms with van der Waals surface area (Å²) in [7, 11) is 0.